The molecule has 0 radical (unpaired) electrons. The molecule has 3 nitrogen and oxygen atoms in total. The number of aliphatic hydroxyl groups is 1. The number of aliphatic hydroxyl groups excluding tert-OH is 1. The highest BCUT2D eigenvalue weighted by molar-refractivity contribution is 7.12. The van der Waals surface area contributed by atoms with E-state index in [1.807, 2.05) is 0 Å². The molecule has 0 saturated carbocycles. The van der Waals surface area contributed by atoms with E-state index in [-0.39, 0.29) is 11.7 Å². The lowest BCUT2D eigenvalue weighted by molar-refractivity contribution is -0.0219. The molecular formula is C13H21NO2S. The molecular weight excluding hydrogens is 234 g/mol. The van der Waals surface area contributed by atoms with Crippen molar-refractivity contribution in [3.8, 4) is 0 Å². The maximum Gasteiger partial charge on any atom is 0.125 e. The van der Waals surface area contributed by atoms with Crippen molar-refractivity contribution in [3.63, 3.8) is 0 Å². The monoisotopic (exact) mass is 255 g/mol. The van der Waals surface area contributed by atoms with E-state index in [2.05, 4.69) is 13.8 Å². The number of rotatable bonds is 4. The van der Waals surface area contributed by atoms with Crippen LogP contribution in [-0.2, 0) is 16.8 Å². The summed E-state index contributed by atoms with van der Waals surface area (Å²) in [6, 6.07) is 0. The van der Waals surface area contributed by atoms with Crippen LogP contribution in [0.3, 0.4) is 0 Å². The van der Waals surface area contributed by atoms with E-state index >= 15 is 0 Å². The van der Waals surface area contributed by atoms with Crippen LogP contribution in [0.1, 0.15) is 61.2 Å². The molecule has 0 aliphatic heterocycles. The molecule has 1 aliphatic carbocycles. The number of thiazole rings is 1. The van der Waals surface area contributed by atoms with Gasteiger partial charge in [-0.15, -0.1) is 11.3 Å². The molecule has 1 aliphatic rings. The number of nitrogens with zero attached hydrogens (tertiary/aromatic N) is 1. The van der Waals surface area contributed by atoms with Gasteiger partial charge in [-0.05, 0) is 32.1 Å². The van der Waals surface area contributed by atoms with Gasteiger partial charge in [0.2, 0.25) is 0 Å². The summed E-state index contributed by atoms with van der Waals surface area (Å²) in [6.07, 6.45) is 4.43. The van der Waals surface area contributed by atoms with E-state index in [1.165, 1.54) is 0 Å². The third-order valence-electron chi connectivity index (χ3n) is 3.84. The van der Waals surface area contributed by atoms with Crippen LogP contribution in [0.5, 0.6) is 0 Å². The highest BCUT2D eigenvalue weighted by atomic mass is 32.1. The van der Waals surface area contributed by atoms with Crippen molar-refractivity contribution in [1.29, 1.82) is 0 Å². The Hall–Kier alpha value is -0.450. The second-order valence-electron chi connectivity index (χ2n) is 4.64. The zero-order chi connectivity index (χ0) is 12.5. The quantitative estimate of drug-likeness (QED) is 0.898. The minimum Gasteiger partial charge on any atom is -0.388 e. The lowest BCUT2D eigenvalue weighted by Crippen LogP contribution is -2.26. The van der Waals surface area contributed by atoms with Crippen LogP contribution in [0.15, 0.2) is 0 Å². The number of fused-ring (bicyclic) bond motifs is 1. The van der Waals surface area contributed by atoms with Crippen molar-refractivity contribution in [2.24, 2.45) is 0 Å². The molecule has 1 unspecified atom stereocenters. The number of aromatic nitrogens is 1. The van der Waals surface area contributed by atoms with Crippen molar-refractivity contribution in [2.75, 3.05) is 7.11 Å². The van der Waals surface area contributed by atoms with Gasteiger partial charge >= 0.3 is 0 Å². The van der Waals surface area contributed by atoms with E-state index in [0.717, 1.165) is 47.7 Å². The summed E-state index contributed by atoms with van der Waals surface area (Å²) in [5.41, 5.74) is 0.828. The number of methoxy groups -OCH3 is 1. The fourth-order valence-corrected chi connectivity index (χ4v) is 3.96. The summed E-state index contributed by atoms with van der Waals surface area (Å²) in [7, 11) is 1.75. The van der Waals surface area contributed by atoms with Crippen LogP contribution in [0.2, 0.25) is 0 Å². The molecule has 0 aromatic carbocycles. The van der Waals surface area contributed by atoms with E-state index in [1.54, 1.807) is 18.4 Å². The average molecular weight is 255 g/mol. The molecule has 0 fully saturated rings. The number of hydrogen-bond donors (Lipinski definition) is 1. The van der Waals surface area contributed by atoms with Crippen molar-refractivity contribution in [2.45, 2.75) is 57.7 Å². The van der Waals surface area contributed by atoms with Crippen LogP contribution in [0.4, 0.5) is 0 Å². The first-order valence-corrected chi connectivity index (χ1v) is 7.21. The first-order chi connectivity index (χ1) is 8.16. The van der Waals surface area contributed by atoms with E-state index in [4.69, 9.17) is 9.72 Å². The standard InChI is InChI=1S/C13H21NO2S/c1-4-13(5-2,16-3)12-14-9-7-6-8-10(15)11(9)17-12/h10,15H,4-8H2,1-3H3. The Bertz CT molecular complexity index is 377. The van der Waals surface area contributed by atoms with Crippen LogP contribution in [-0.4, -0.2) is 17.2 Å². The predicted octanol–water partition coefficient (Wildman–Crippen LogP) is 3.17. The number of ether oxygens (including phenoxy) is 1. The molecule has 2 rings (SSSR count). The second kappa shape index (κ2) is 5.04. The molecule has 17 heavy (non-hydrogen) atoms. The Kier molecular flexibility index (Phi) is 3.85. The maximum atomic E-state index is 9.99. The Labute approximate surface area is 107 Å². The van der Waals surface area contributed by atoms with Crippen molar-refractivity contribution in [3.05, 3.63) is 15.6 Å². The number of hydrogen-bond acceptors (Lipinski definition) is 4. The third-order valence-corrected chi connectivity index (χ3v) is 5.23. The molecule has 4 heteroatoms. The van der Waals surface area contributed by atoms with Crippen molar-refractivity contribution >= 4 is 11.3 Å². The van der Waals surface area contributed by atoms with Crippen LogP contribution >= 0.6 is 11.3 Å². The maximum absolute atomic E-state index is 9.99. The van der Waals surface area contributed by atoms with Gasteiger partial charge < -0.3 is 9.84 Å². The first-order valence-electron chi connectivity index (χ1n) is 6.40. The van der Waals surface area contributed by atoms with Crippen LogP contribution < -0.4 is 0 Å². The highest BCUT2D eigenvalue weighted by Gasteiger charge is 2.34. The zero-order valence-electron chi connectivity index (χ0n) is 10.8. The molecule has 0 saturated heterocycles. The minimum absolute atomic E-state index is 0.262. The zero-order valence-corrected chi connectivity index (χ0v) is 11.6. The normalized spacial score (nSPS) is 20.4. The van der Waals surface area contributed by atoms with Gasteiger partial charge in [0.25, 0.3) is 0 Å². The van der Waals surface area contributed by atoms with Gasteiger partial charge in [0.15, 0.2) is 0 Å². The Morgan fingerprint density at radius 1 is 1.47 bits per heavy atom. The molecule has 0 amide bonds. The lowest BCUT2D eigenvalue weighted by Gasteiger charge is -2.27. The smallest absolute Gasteiger partial charge is 0.125 e. The summed E-state index contributed by atoms with van der Waals surface area (Å²) in [4.78, 5) is 5.78. The Morgan fingerprint density at radius 2 is 2.18 bits per heavy atom. The molecule has 0 bridgehead atoms. The third kappa shape index (κ3) is 2.14. The SMILES string of the molecule is CCC(CC)(OC)c1nc2c(s1)C(O)CCC2. The fraction of sp³-hybridized carbons (Fsp3) is 0.769. The first kappa shape index (κ1) is 13.0. The van der Waals surface area contributed by atoms with Gasteiger partial charge in [-0.25, -0.2) is 4.98 Å². The topological polar surface area (TPSA) is 42.4 Å². The molecule has 1 heterocycles. The summed E-state index contributed by atoms with van der Waals surface area (Å²) in [5.74, 6) is 0. The largest absolute Gasteiger partial charge is 0.388 e. The molecule has 96 valence electrons. The minimum atomic E-state index is -0.312. The van der Waals surface area contributed by atoms with Crippen molar-refractivity contribution in [1.82, 2.24) is 4.98 Å². The summed E-state index contributed by atoms with van der Waals surface area (Å²) in [5, 5.41) is 11.0. The van der Waals surface area contributed by atoms with Crippen LogP contribution in [0.25, 0.3) is 0 Å². The molecule has 0 spiro atoms. The summed E-state index contributed by atoms with van der Waals surface area (Å²) < 4.78 is 5.70. The summed E-state index contributed by atoms with van der Waals surface area (Å²) >= 11 is 1.64. The molecule has 1 aromatic heterocycles. The van der Waals surface area contributed by atoms with E-state index in [0.29, 0.717) is 0 Å². The molecule has 1 atom stereocenters. The van der Waals surface area contributed by atoms with Gasteiger partial charge in [0, 0.05) is 7.11 Å². The van der Waals surface area contributed by atoms with Gasteiger partial charge in [0.05, 0.1) is 16.7 Å². The van der Waals surface area contributed by atoms with Crippen LogP contribution in [0, 0.1) is 0 Å². The number of aryl methyl sites for hydroxylation is 1. The average Bonchev–Trinajstić information content (AvgIpc) is 2.78. The lowest BCUT2D eigenvalue weighted by atomic mass is 9.97. The Balaban J connectivity index is 2.39. The molecule has 1 aromatic rings. The van der Waals surface area contributed by atoms with Gasteiger partial charge in [0.1, 0.15) is 10.6 Å². The second-order valence-corrected chi connectivity index (χ2v) is 5.67. The van der Waals surface area contributed by atoms with E-state index in [9.17, 15) is 5.11 Å². The molecule has 1 N–H and O–H groups in total. The van der Waals surface area contributed by atoms with E-state index < -0.39 is 0 Å². The van der Waals surface area contributed by atoms with Gasteiger partial charge in [-0.3, -0.25) is 0 Å². The Morgan fingerprint density at radius 3 is 2.71 bits per heavy atom. The highest BCUT2D eigenvalue weighted by Crippen LogP contribution is 2.41. The predicted molar refractivity (Wildman–Crippen MR) is 69.3 cm³/mol. The van der Waals surface area contributed by atoms with Gasteiger partial charge in [-0.1, -0.05) is 13.8 Å². The van der Waals surface area contributed by atoms with Gasteiger partial charge in [-0.2, -0.15) is 0 Å². The fourth-order valence-electron chi connectivity index (χ4n) is 2.52. The van der Waals surface area contributed by atoms with Crippen molar-refractivity contribution < 1.29 is 9.84 Å². The summed E-state index contributed by atoms with van der Waals surface area (Å²) in [6.45, 7) is 4.26.